The largest absolute Gasteiger partial charge is 0.372 e. The first-order valence-corrected chi connectivity index (χ1v) is 10.0. The lowest BCUT2D eigenvalue weighted by atomic mass is 10.2. The molecule has 0 aliphatic carbocycles. The van der Waals surface area contributed by atoms with E-state index in [4.69, 9.17) is 11.6 Å². The van der Waals surface area contributed by atoms with E-state index in [0.717, 1.165) is 18.8 Å². The number of hydrogen-bond donors (Lipinski definition) is 1. The molecule has 5 nitrogen and oxygen atoms in total. The van der Waals surface area contributed by atoms with E-state index in [1.165, 1.54) is 30.5 Å². The fraction of sp³-hybridized carbons (Fsp3) is 0.211. The van der Waals surface area contributed by atoms with Crippen molar-refractivity contribution in [3.05, 3.63) is 64.7 Å². The number of nitrogens with one attached hydrogen (secondary N) is 1. The van der Waals surface area contributed by atoms with Gasteiger partial charge in [-0.15, -0.1) is 0 Å². The molecule has 0 unspecified atom stereocenters. The average molecular weight is 390 g/mol. The summed E-state index contributed by atoms with van der Waals surface area (Å²) < 4.78 is 25.1. The Labute approximate surface area is 159 Å². The van der Waals surface area contributed by atoms with Crippen LogP contribution in [-0.2, 0) is 9.84 Å². The highest BCUT2D eigenvalue weighted by Gasteiger charge is 2.20. The van der Waals surface area contributed by atoms with Crippen molar-refractivity contribution in [3.8, 4) is 6.07 Å². The van der Waals surface area contributed by atoms with Crippen LogP contribution in [0, 0.1) is 11.3 Å². The number of benzene rings is 2. The summed E-state index contributed by atoms with van der Waals surface area (Å²) in [6, 6.07) is 15.0. The van der Waals surface area contributed by atoms with Crippen molar-refractivity contribution in [2.24, 2.45) is 0 Å². The van der Waals surface area contributed by atoms with Crippen molar-refractivity contribution in [2.45, 2.75) is 18.7 Å². The topological polar surface area (TPSA) is 73.2 Å². The average Bonchev–Trinajstić information content (AvgIpc) is 2.64. The van der Waals surface area contributed by atoms with E-state index in [2.05, 4.69) is 24.1 Å². The minimum absolute atomic E-state index is 0.0216. The fourth-order valence-electron chi connectivity index (χ4n) is 2.42. The molecule has 0 spiro atoms. The van der Waals surface area contributed by atoms with Crippen molar-refractivity contribution in [3.63, 3.8) is 0 Å². The maximum Gasteiger partial charge on any atom is 0.218 e. The molecular weight excluding hydrogens is 370 g/mol. The fourth-order valence-corrected chi connectivity index (χ4v) is 3.63. The normalized spacial score (nSPS) is 11.7. The molecule has 0 heterocycles. The lowest BCUT2D eigenvalue weighted by molar-refractivity contribution is 0.603. The molecule has 2 rings (SSSR count). The number of allylic oxidation sites excluding steroid dienone is 1. The predicted molar refractivity (Wildman–Crippen MR) is 106 cm³/mol. The van der Waals surface area contributed by atoms with E-state index in [1.54, 1.807) is 6.07 Å². The van der Waals surface area contributed by atoms with Crippen LogP contribution in [0.15, 0.2) is 64.5 Å². The van der Waals surface area contributed by atoms with Gasteiger partial charge >= 0.3 is 0 Å². The Morgan fingerprint density at radius 3 is 2.19 bits per heavy atom. The Bertz CT molecular complexity index is 911. The standard InChI is InChI=1S/C19H20ClN3O2S/c1-3-23(4-2)17-9-7-16(8-10-17)22-14-19(13-21)26(24,25)18-11-5-15(20)6-12-18/h5-12,14,22H,3-4H2,1-2H3. The summed E-state index contributed by atoms with van der Waals surface area (Å²) in [5.74, 6) is 0. The quantitative estimate of drug-likeness (QED) is 0.709. The van der Waals surface area contributed by atoms with Gasteiger partial charge < -0.3 is 10.2 Å². The van der Waals surface area contributed by atoms with Crippen molar-refractivity contribution in [1.82, 2.24) is 0 Å². The zero-order chi connectivity index (χ0) is 19.2. The third-order valence-corrected chi connectivity index (χ3v) is 5.82. The number of halogens is 1. The molecule has 2 aromatic rings. The Hall–Kier alpha value is -2.49. The summed E-state index contributed by atoms with van der Waals surface area (Å²) in [6.07, 6.45) is 1.20. The predicted octanol–water partition coefficient (Wildman–Crippen LogP) is 4.44. The number of nitrogens with zero attached hydrogens (tertiary/aromatic N) is 2. The van der Waals surface area contributed by atoms with Gasteiger partial charge in [-0.3, -0.25) is 0 Å². The lowest BCUT2D eigenvalue weighted by Crippen LogP contribution is -2.21. The molecule has 0 aliphatic rings. The SMILES string of the molecule is CCN(CC)c1ccc(NC=C(C#N)S(=O)(=O)c2ccc(Cl)cc2)cc1. The molecule has 1 N–H and O–H groups in total. The zero-order valence-electron chi connectivity index (χ0n) is 14.6. The summed E-state index contributed by atoms with van der Waals surface area (Å²) in [5, 5.41) is 12.6. The number of sulfone groups is 1. The van der Waals surface area contributed by atoms with E-state index < -0.39 is 9.84 Å². The van der Waals surface area contributed by atoms with Crippen molar-refractivity contribution >= 4 is 32.8 Å². The van der Waals surface area contributed by atoms with Crippen molar-refractivity contribution in [2.75, 3.05) is 23.3 Å². The smallest absolute Gasteiger partial charge is 0.218 e. The Balaban J connectivity index is 2.22. The highest BCUT2D eigenvalue weighted by Crippen LogP contribution is 2.22. The van der Waals surface area contributed by atoms with Crippen LogP contribution in [0.25, 0.3) is 0 Å². The second kappa shape index (κ2) is 8.75. The van der Waals surface area contributed by atoms with E-state index in [1.807, 2.05) is 24.3 Å². The van der Waals surface area contributed by atoms with Crippen molar-refractivity contribution in [1.29, 1.82) is 5.26 Å². The molecule has 26 heavy (non-hydrogen) atoms. The first-order chi connectivity index (χ1) is 12.4. The molecule has 0 bridgehead atoms. The van der Waals surface area contributed by atoms with Crippen LogP contribution in [0.2, 0.25) is 5.02 Å². The van der Waals surface area contributed by atoms with E-state index in [0.29, 0.717) is 10.7 Å². The molecule has 0 aromatic heterocycles. The van der Waals surface area contributed by atoms with Gasteiger partial charge in [0.05, 0.1) is 4.90 Å². The number of rotatable bonds is 7. The maximum absolute atomic E-state index is 12.5. The molecule has 0 atom stereocenters. The van der Waals surface area contributed by atoms with Crippen LogP contribution >= 0.6 is 11.6 Å². The first kappa shape index (κ1) is 19.8. The van der Waals surface area contributed by atoms with Gasteiger partial charge in [-0.05, 0) is 62.4 Å². The van der Waals surface area contributed by atoms with Crippen LogP contribution in [0.1, 0.15) is 13.8 Å². The highest BCUT2D eigenvalue weighted by molar-refractivity contribution is 7.95. The summed E-state index contributed by atoms with van der Waals surface area (Å²) in [5.41, 5.74) is 1.78. The molecule has 2 aromatic carbocycles. The zero-order valence-corrected chi connectivity index (χ0v) is 16.2. The van der Waals surface area contributed by atoms with Crippen LogP contribution < -0.4 is 10.2 Å². The molecular formula is C19H20ClN3O2S. The van der Waals surface area contributed by atoms with Gasteiger partial charge in [0.25, 0.3) is 0 Å². The van der Waals surface area contributed by atoms with Gasteiger partial charge in [0.1, 0.15) is 6.07 Å². The highest BCUT2D eigenvalue weighted by atomic mass is 35.5. The molecule has 0 saturated heterocycles. The third-order valence-electron chi connectivity index (χ3n) is 3.89. The Morgan fingerprint density at radius 1 is 1.12 bits per heavy atom. The van der Waals surface area contributed by atoms with Gasteiger partial charge in [-0.25, -0.2) is 8.42 Å². The molecule has 0 aliphatic heterocycles. The summed E-state index contributed by atoms with van der Waals surface area (Å²) in [7, 11) is -3.90. The summed E-state index contributed by atoms with van der Waals surface area (Å²) >= 11 is 5.78. The van der Waals surface area contributed by atoms with E-state index in [9.17, 15) is 13.7 Å². The van der Waals surface area contributed by atoms with E-state index in [-0.39, 0.29) is 9.80 Å². The molecule has 0 amide bonds. The molecule has 0 saturated carbocycles. The van der Waals surface area contributed by atoms with Gasteiger partial charge in [-0.2, -0.15) is 5.26 Å². The Kier molecular flexibility index (Phi) is 6.67. The van der Waals surface area contributed by atoms with Gasteiger partial charge in [0.2, 0.25) is 9.84 Å². The molecule has 0 radical (unpaired) electrons. The van der Waals surface area contributed by atoms with Crippen molar-refractivity contribution < 1.29 is 8.42 Å². The minimum Gasteiger partial charge on any atom is -0.372 e. The van der Waals surface area contributed by atoms with Gasteiger partial charge in [0, 0.05) is 35.7 Å². The number of anilines is 2. The summed E-state index contributed by atoms with van der Waals surface area (Å²) in [4.78, 5) is 1.85. The van der Waals surface area contributed by atoms with Gasteiger partial charge in [-0.1, -0.05) is 11.6 Å². The minimum atomic E-state index is -3.90. The summed E-state index contributed by atoms with van der Waals surface area (Å²) in [6.45, 7) is 5.97. The number of nitriles is 1. The third kappa shape index (κ3) is 4.57. The first-order valence-electron chi connectivity index (χ1n) is 8.14. The lowest BCUT2D eigenvalue weighted by Gasteiger charge is -2.21. The second-order valence-electron chi connectivity index (χ2n) is 5.44. The maximum atomic E-state index is 12.5. The molecule has 0 fully saturated rings. The van der Waals surface area contributed by atoms with Crippen LogP contribution in [0.5, 0.6) is 0 Å². The number of hydrogen-bond acceptors (Lipinski definition) is 5. The monoisotopic (exact) mass is 389 g/mol. The van der Waals surface area contributed by atoms with Crippen LogP contribution in [-0.4, -0.2) is 21.5 Å². The van der Waals surface area contributed by atoms with Crippen LogP contribution in [0.3, 0.4) is 0 Å². The van der Waals surface area contributed by atoms with Crippen LogP contribution in [0.4, 0.5) is 11.4 Å². The molecule has 136 valence electrons. The van der Waals surface area contributed by atoms with Gasteiger partial charge in [0.15, 0.2) is 4.91 Å². The van der Waals surface area contributed by atoms with E-state index >= 15 is 0 Å². The molecule has 7 heteroatoms. The second-order valence-corrected chi connectivity index (χ2v) is 7.80. The Morgan fingerprint density at radius 2 is 1.69 bits per heavy atom.